The van der Waals surface area contributed by atoms with Crippen molar-refractivity contribution in [2.75, 3.05) is 20.2 Å². The summed E-state index contributed by atoms with van der Waals surface area (Å²) in [5.74, 6) is 2.07. The number of aliphatic hydroxyl groups excluding tert-OH is 1. The third kappa shape index (κ3) is 4.00. The minimum Gasteiger partial charge on any atom is -0.494 e. The highest BCUT2D eigenvalue weighted by Crippen LogP contribution is 2.40. The first kappa shape index (κ1) is 22.6. The molecule has 3 aromatic heterocycles. The summed E-state index contributed by atoms with van der Waals surface area (Å²) in [5, 5.41) is 24.2. The van der Waals surface area contributed by atoms with E-state index in [1.807, 2.05) is 21.6 Å². The van der Waals surface area contributed by atoms with Crippen LogP contribution >= 0.6 is 11.3 Å². The second kappa shape index (κ2) is 8.95. The summed E-state index contributed by atoms with van der Waals surface area (Å²) < 4.78 is 10.1. The van der Waals surface area contributed by atoms with Gasteiger partial charge in [0.05, 0.1) is 24.4 Å². The van der Waals surface area contributed by atoms with Crippen LogP contribution in [-0.4, -0.2) is 50.4 Å². The predicted molar refractivity (Wildman–Crippen MR) is 137 cm³/mol. The zero-order valence-electron chi connectivity index (χ0n) is 19.9. The molecular weight excluding hydrogens is 460 g/mol. The largest absolute Gasteiger partial charge is 0.494 e. The molecule has 4 aromatic rings. The van der Waals surface area contributed by atoms with Crippen molar-refractivity contribution in [3.63, 3.8) is 0 Å². The summed E-state index contributed by atoms with van der Waals surface area (Å²) in [6, 6.07) is 10.5. The Balaban J connectivity index is 1.50. The minimum absolute atomic E-state index is 0.0681. The maximum absolute atomic E-state index is 11.2. The lowest BCUT2D eigenvalue weighted by atomic mass is 10.0. The van der Waals surface area contributed by atoms with Gasteiger partial charge in [-0.05, 0) is 61.2 Å². The van der Waals surface area contributed by atoms with Crippen LogP contribution in [0.1, 0.15) is 37.5 Å². The molecule has 3 N–H and O–H groups in total. The second-order valence-corrected chi connectivity index (χ2v) is 10.7. The SMILES string of the molecule is COc1cc(C(O)N2CCC[C@@H](N)C2)cc2nc(-c3cc4ccsc4n3CC3CC3)n(CC#N)c12. The molecule has 4 heterocycles. The molecule has 0 bridgehead atoms. The fraction of sp³-hybridized carbons (Fsp3) is 0.462. The molecule has 6 rings (SSSR count). The Bertz CT molecular complexity index is 1430. The van der Waals surface area contributed by atoms with Crippen molar-refractivity contribution in [3.05, 3.63) is 35.2 Å². The molecule has 182 valence electrons. The second-order valence-electron chi connectivity index (χ2n) is 9.81. The maximum Gasteiger partial charge on any atom is 0.158 e. The number of fused-ring (bicyclic) bond motifs is 2. The number of likely N-dealkylation sites (tertiary alicyclic amines) is 1. The molecule has 2 atom stereocenters. The van der Waals surface area contributed by atoms with Crippen LogP contribution in [0.3, 0.4) is 0 Å². The third-order valence-electron chi connectivity index (χ3n) is 7.28. The average Bonchev–Trinajstić information content (AvgIpc) is 3.28. The summed E-state index contributed by atoms with van der Waals surface area (Å²) in [6.07, 6.45) is 3.68. The molecule has 2 fully saturated rings. The van der Waals surface area contributed by atoms with E-state index in [1.54, 1.807) is 18.4 Å². The first-order chi connectivity index (χ1) is 17.1. The van der Waals surface area contributed by atoms with Crippen LogP contribution < -0.4 is 10.5 Å². The van der Waals surface area contributed by atoms with Crippen molar-refractivity contribution in [2.24, 2.45) is 11.7 Å². The number of hydrogen-bond acceptors (Lipinski definition) is 7. The zero-order valence-corrected chi connectivity index (χ0v) is 20.7. The molecule has 1 aliphatic carbocycles. The monoisotopic (exact) mass is 490 g/mol. The molecule has 1 aromatic carbocycles. The molecular formula is C26H30N6O2S. The first-order valence-corrected chi connectivity index (χ1v) is 13.1. The number of ether oxygens (including phenoxy) is 1. The standard InChI is InChI=1S/C26H30N6O2S/c1-34-22-13-18(25(33)30-8-2-3-19(28)15-30)11-20-23(22)31(9-7-27)24(29-20)21-12-17-6-10-35-26(17)32(21)14-16-4-5-16/h6,10-13,16,19,25,33H,2-5,8-9,14-15,28H2,1H3/t19-,25?/m1/s1. The van der Waals surface area contributed by atoms with Gasteiger partial charge >= 0.3 is 0 Å². The highest BCUT2D eigenvalue weighted by atomic mass is 32.1. The van der Waals surface area contributed by atoms with E-state index in [4.69, 9.17) is 15.5 Å². The number of benzene rings is 1. The van der Waals surface area contributed by atoms with Crippen LogP contribution in [0.4, 0.5) is 0 Å². The van der Waals surface area contributed by atoms with Gasteiger partial charge < -0.3 is 24.7 Å². The molecule has 2 aliphatic rings. The van der Waals surface area contributed by atoms with Crippen molar-refractivity contribution < 1.29 is 9.84 Å². The summed E-state index contributed by atoms with van der Waals surface area (Å²) in [6.45, 7) is 2.58. The normalized spacial score (nSPS) is 19.9. The van der Waals surface area contributed by atoms with Crippen LogP contribution in [0.15, 0.2) is 29.6 Å². The van der Waals surface area contributed by atoms with E-state index >= 15 is 0 Å². The van der Waals surface area contributed by atoms with Crippen LogP contribution in [0.2, 0.25) is 0 Å². The lowest BCUT2D eigenvalue weighted by Gasteiger charge is -2.34. The highest BCUT2D eigenvalue weighted by Gasteiger charge is 2.28. The fourth-order valence-corrected chi connectivity index (χ4v) is 6.26. The van der Waals surface area contributed by atoms with E-state index in [2.05, 4.69) is 28.1 Å². The number of methoxy groups -OCH3 is 1. The molecule has 1 aliphatic heterocycles. The van der Waals surface area contributed by atoms with Gasteiger partial charge in [-0.15, -0.1) is 11.3 Å². The van der Waals surface area contributed by atoms with E-state index in [9.17, 15) is 10.4 Å². The molecule has 0 radical (unpaired) electrons. The lowest BCUT2D eigenvalue weighted by Crippen LogP contribution is -2.44. The number of thiophene rings is 1. The summed E-state index contributed by atoms with van der Waals surface area (Å²) in [4.78, 5) is 8.29. The van der Waals surface area contributed by atoms with Gasteiger partial charge in [0, 0.05) is 36.6 Å². The quantitative estimate of drug-likeness (QED) is 0.405. The zero-order chi connectivity index (χ0) is 24.1. The highest BCUT2D eigenvalue weighted by molar-refractivity contribution is 7.16. The van der Waals surface area contributed by atoms with E-state index in [0.29, 0.717) is 23.7 Å². The third-order valence-corrected chi connectivity index (χ3v) is 8.23. The van der Waals surface area contributed by atoms with E-state index in [1.165, 1.54) is 23.1 Å². The van der Waals surface area contributed by atoms with Gasteiger partial charge in [0.2, 0.25) is 0 Å². The average molecular weight is 491 g/mol. The van der Waals surface area contributed by atoms with Crippen LogP contribution in [0, 0.1) is 17.2 Å². The van der Waals surface area contributed by atoms with Gasteiger partial charge in [-0.3, -0.25) is 4.90 Å². The van der Waals surface area contributed by atoms with Gasteiger partial charge in [-0.1, -0.05) is 0 Å². The van der Waals surface area contributed by atoms with Crippen molar-refractivity contribution in [3.8, 4) is 23.3 Å². The van der Waals surface area contributed by atoms with Crippen molar-refractivity contribution in [1.29, 1.82) is 5.26 Å². The van der Waals surface area contributed by atoms with E-state index in [-0.39, 0.29) is 12.6 Å². The summed E-state index contributed by atoms with van der Waals surface area (Å²) >= 11 is 1.74. The topological polar surface area (TPSA) is 105 Å². The Morgan fingerprint density at radius 1 is 1.29 bits per heavy atom. The van der Waals surface area contributed by atoms with Gasteiger partial charge in [-0.25, -0.2) is 4.98 Å². The Labute approximate surface area is 208 Å². The number of nitriles is 1. The van der Waals surface area contributed by atoms with Gasteiger partial charge in [0.15, 0.2) is 5.82 Å². The predicted octanol–water partition coefficient (Wildman–Crippen LogP) is 4.08. The smallest absolute Gasteiger partial charge is 0.158 e. The van der Waals surface area contributed by atoms with Crippen LogP contribution in [0.25, 0.3) is 32.8 Å². The molecule has 0 amide bonds. The number of aromatic nitrogens is 3. The first-order valence-electron chi connectivity index (χ1n) is 12.3. The number of rotatable bonds is 7. The van der Waals surface area contributed by atoms with E-state index in [0.717, 1.165) is 48.5 Å². The molecule has 0 spiro atoms. The number of nitrogens with zero attached hydrogens (tertiary/aromatic N) is 5. The van der Waals surface area contributed by atoms with Gasteiger partial charge in [0.1, 0.15) is 28.9 Å². The molecule has 35 heavy (non-hydrogen) atoms. The number of piperidine rings is 1. The Morgan fingerprint density at radius 2 is 2.14 bits per heavy atom. The maximum atomic E-state index is 11.2. The Kier molecular flexibility index (Phi) is 5.77. The fourth-order valence-electron chi connectivity index (χ4n) is 5.35. The number of nitrogens with two attached hydrogens (primary N) is 1. The Morgan fingerprint density at radius 3 is 2.89 bits per heavy atom. The van der Waals surface area contributed by atoms with Crippen molar-refractivity contribution >= 4 is 32.6 Å². The molecule has 1 saturated carbocycles. The molecule has 1 saturated heterocycles. The summed E-state index contributed by atoms with van der Waals surface area (Å²) in [7, 11) is 1.62. The van der Waals surface area contributed by atoms with E-state index < -0.39 is 6.23 Å². The van der Waals surface area contributed by atoms with Gasteiger partial charge in [0.25, 0.3) is 0 Å². The minimum atomic E-state index is -0.784. The number of aliphatic hydroxyl groups is 1. The van der Waals surface area contributed by atoms with Crippen molar-refractivity contribution in [1.82, 2.24) is 19.0 Å². The Hall–Kier alpha value is -2.90. The van der Waals surface area contributed by atoms with Gasteiger partial charge in [-0.2, -0.15) is 5.26 Å². The number of imidazole rings is 1. The molecule has 8 nitrogen and oxygen atoms in total. The lowest BCUT2D eigenvalue weighted by molar-refractivity contribution is -0.0143. The number of hydrogen-bond donors (Lipinski definition) is 2. The van der Waals surface area contributed by atoms with Crippen molar-refractivity contribution in [2.45, 2.75) is 51.0 Å². The van der Waals surface area contributed by atoms with Crippen LogP contribution in [-0.2, 0) is 13.1 Å². The van der Waals surface area contributed by atoms with Crippen LogP contribution in [0.5, 0.6) is 5.75 Å². The molecule has 9 heteroatoms. The molecule has 1 unspecified atom stereocenters. The summed E-state index contributed by atoms with van der Waals surface area (Å²) in [5.41, 5.74) is 9.40.